The van der Waals surface area contributed by atoms with Crippen molar-refractivity contribution in [2.24, 2.45) is 0 Å². The lowest BCUT2D eigenvalue weighted by atomic mass is 9.92. The molecule has 0 amide bonds. The second kappa shape index (κ2) is 3.66. The summed E-state index contributed by atoms with van der Waals surface area (Å²) in [6.07, 6.45) is 1.69. The number of hydrogen-bond acceptors (Lipinski definition) is 3. The minimum Gasteiger partial charge on any atom is -0.504 e. The summed E-state index contributed by atoms with van der Waals surface area (Å²) in [6, 6.07) is 4.64. The molecule has 1 saturated carbocycles. The van der Waals surface area contributed by atoms with Crippen LogP contribution < -0.4 is 0 Å². The van der Waals surface area contributed by atoms with Gasteiger partial charge in [-0.1, -0.05) is 28.7 Å². The number of halogens is 1. The molecule has 4 heteroatoms. The SMILES string of the molecule is O=C(CI)C1(c2ccc(O)c(O)c2)CC1. The first-order valence-electron chi connectivity index (χ1n) is 4.72. The monoisotopic (exact) mass is 318 g/mol. The van der Waals surface area contributed by atoms with E-state index in [-0.39, 0.29) is 22.7 Å². The number of aromatic hydroxyl groups is 2. The first-order chi connectivity index (χ1) is 7.10. The van der Waals surface area contributed by atoms with E-state index in [1.54, 1.807) is 6.07 Å². The van der Waals surface area contributed by atoms with E-state index in [1.807, 2.05) is 0 Å². The molecule has 3 nitrogen and oxygen atoms in total. The maximum atomic E-state index is 11.7. The van der Waals surface area contributed by atoms with Gasteiger partial charge < -0.3 is 10.2 Å². The van der Waals surface area contributed by atoms with Gasteiger partial charge >= 0.3 is 0 Å². The number of hydrogen-bond donors (Lipinski definition) is 2. The summed E-state index contributed by atoms with van der Waals surface area (Å²) in [5.74, 6) is -0.0929. The van der Waals surface area contributed by atoms with E-state index in [1.165, 1.54) is 12.1 Å². The normalized spacial score (nSPS) is 17.4. The van der Waals surface area contributed by atoms with E-state index in [4.69, 9.17) is 0 Å². The number of Topliss-reactive ketones (excluding diaryl/α,β-unsaturated/α-hetero) is 1. The Balaban J connectivity index is 2.38. The Hall–Kier alpha value is -0.780. The minimum atomic E-state index is -0.383. The molecule has 80 valence electrons. The Kier molecular flexibility index (Phi) is 2.62. The Labute approximate surface area is 101 Å². The van der Waals surface area contributed by atoms with E-state index >= 15 is 0 Å². The first-order valence-corrected chi connectivity index (χ1v) is 6.24. The van der Waals surface area contributed by atoms with Gasteiger partial charge in [0.15, 0.2) is 17.3 Å². The van der Waals surface area contributed by atoms with Gasteiger partial charge in [0.25, 0.3) is 0 Å². The smallest absolute Gasteiger partial charge is 0.157 e. The van der Waals surface area contributed by atoms with Crippen LogP contribution in [0.15, 0.2) is 18.2 Å². The molecule has 2 rings (SSSR count). The highest BCUT2D eigenvalue weighted by molar-refractivity contribution is 14.1. The van der Waals surface area contributed by atoms with Crippen LogP contribution in [0, 0.1) is 0 Å². The van der Waals surface area contributed by atoms with Gasteiger partial charge in [-0.05, 0) is 30.5 Å². The zero-order valence-corrected chi connectivity index (χ0v) is 10.2. The summed E-state index contributed by atoms with van der Waals surface area (Å²) in [5, 5.41) is 18.6. The van der Waals surface area contributed by atoms with Gasteiger partial charge in [0.1, 0.15) is 0 Å². The van der Waals surface area contributed by atoms with E-state index < -0.39 is 0 Å². The third-order valence-electron chi connectivity index (χ3n) is 2.93. The molecule has 0 aliphatic heterocycles. The molecule has 0 spiro atoms. The fraction of sp³-hybridized carbons (Fsp3) is 0.364. The third kappa shape index (κ3) is 1.71. The van der Waals surface area contributed by atoms with E-state index in [0.29, 0.717) is 4.43 Å². The number of alkyl halides is 1. The Morgan fingerprint density at radius 3 is 2.47 bits per heavy atom. The van der Waals surface area contributed by atoms with Gasteiger partial charge in [-0.3, -0.25) is 4.79 Å². The fourth-order valence-electron chi connectivity index (χ4n) is 1.80. The second-order valence-electron chi connectivity index (χ2n) is 3.84. The number of ketones is 1. The fourth-order valence-corrected chi connectivity index (χ4v) is 2.53. The maximum absolute atomic E-state index is 11.7. The summed E-state index contributed by atoms with van der Waals surface area (Å²) in [6.45, 7) is 0. The maximum Gasteiger partial charge on any atom is 0.157 e. The largest absolute Gasteiger partial charge is 0.504 e. The van der Waals surface area contributed by atoms with Crippen molar-refractivity contribution in [2.75, 3.05) is 4.43 Å². The standard InChI is InChI=1S/C11H11IO3/c12-6-10(15)11(3-4-11)7-1-2-8(13)9(14)5-7/h1-2,5,13-14H,3-4,6H2. The second-order valence-corrected chi connectivity index (χ2v) is 4.61. The van der Waals surface area contributed by atoms with Crippen molar-refractivity contribution in [2.45, 2.75) is 18.3 Å². The summed E-state index contributed by atoms with van der Waals surface area (Å²) < 4.78 is 0.486. The molecule has 0 heterocycles. The molecule has 1 fully saturated rings. The molecule has 1 aliphatic rings. The molecule has 0 radical (unpaired) electrons. The lowest BCUT2D eigenvalue weighted by Crippen LogP contribution is -2.21. The molecule has 1 aromatic carbocycles. The van der Waals surface area contributed by atoms with Crippen LogP contribution in [0.25, 0.3) is 0 Å². The molecule has 1 aromatic rings. The molecule has 0 atom stereocenters. The van der Waals surface area contributed by atoms with Gasteiger partial charge in [0, 0.05) is 0 Å². The van der Waals surface area contributed by atoms with Crippen LogP contribution in [0.3, 0.4) is 0 Å². The van der Waals surface area contributed by atoms with Gasteiger partial charge in [0.2, 0.25) is 0 Å². The molecule has 1 aliphatic carbocycles. The highest BCUT2D eigenvalue weighted by Crippen LogP contribution is 2.50. The molecule has 2 N–H and O–H groups in total. The topological polar surface area (TPSA) is 57.5 Å². The zero-order chi connectivity index (χ0) is 11.1. The van der Waals surface area contributed by atoms with Crippen LogP contribution in [0.2, 0.25) is 0 Å². The van der Waals surface area contributed by atoms with Crippen LogP contribution in [-0.2, 0) is 10.2 Å². The van der Waals surface area contributed by atoms with Crippen LogP contribution in [0.1, 0.15) is 18.4 Å². The quantitative estimate of drug-likeness (QED) is 0.510. The first kappa shape index (κ1) is 10.7. The van der Waals surface area contributed by atoms with Gasteiger partial charge in [-0.2, -0.15) is 0 Å². The van der Waals surface area contributed by atoms with Crippen LogP contribution in [0.4, 0.5) is 0 Å². The van der Waals surface area contributed by atoms with Crippen molar-refractivity contribution >= 4 is 28.4 Å². The van der Waals surface area contributed by atoms with E-state index in [0.717, 1.165) is 18.4 Å². The Bertz CT molecular complexity index is 410. The van der Waals surface area contributed by atoms with Crippen LogP contribution in [-0.4, -0.2) is 20.4 Å². The number of benzene rings is 1. The zero-order valence-electron chi connectivity index (χ0n) is 8.03. The number of phenolic OH excluding ortho intramolecular Hbond substituents is 2. The molecule has 15 heavy (non-hydrogen) atoms. The minimum absolute atomic E-state index is 0.142. The molecular formula is C11H11IO3. The van der Waals surface area contributed by atoms with Gasteiger partial charge in [-0.25, -0.2) is 0 Å². The van der Waals surface area contributed by atoms with Crippen LogP contribution in [0.5, 0.6) is 11.5 Å². The van der Waals surface area contributed by atoms with Crippen molar-refractivity contribution in [3.63, 3.8) is 0 Å². The van der Waals surface area contributed by atoms with E-state index in [9.17, 15) is 15.0 Å². The molecule has 0 saturated heterocycles. The van der Waals surface area contributed by atoms with Crippen molar-refractivity contribution < 1.29 is 15.0 Å². The summed E-state index contributed by atoms with van der Waals surface area (Å²) >= 11 is 2.06. The lowest BCUT2D eigenvalue weighted by Gasteiger charge is -2.13. The van der Waals surface area contributed by atoms with E-state index in [2.05, 4.69) is 22.6 Å². The van der Waals surface area contributed by atoms with Gasteiger partial charge in [0.05, 0.1) is 9.84 Å². The highest BCUT2D eigenvalue weighted by atomic mass is 127. The van der Waals surface area contributed by atoms with Crippen molar-refractivity contribution in [3.8, 4) is 11.5 Å². The number of carbonyl (C=O) groups is 1. The highest BCUT2D eigenvalue weighted by Gasteiger charge is 2.50. The van der Waals surface area contributed by atoms with Crippen LogP contribution >= 0.6 is 22.6 Å². The average Bonchev–Trinajstić information content (AvgIpc) is 3.02. The Morgan fingerprint density at radius 1 is 1.33 bits per heavy atom. The number of rotatable bonds is 3. The predicted octanol–water partition coefficient (Wildman–Crippen LogP) is 2.13. The summed E-state index contributed by atoms with van der Waals surface area (Å²) in [5.41, 5.74) is 0.436. The number of phenols is 2. The number of carbonyl (C=O) groups excluding carboxylic acids is 1. The summed E-state index contributed by atoms with van der Waals surface area (Å²) in [4.78, 5) is 11.7. The lowest BCUT2D eigenvalue weighted by molar-refractivity contribution is -0.118. The molecule has 0 bridgehead atoms. The Morgan fingerprint density at radius 2 is 2.00 bits per heavy atom. The molecule has 0 unspecified atom stereocenters. The predicted molar refractivity (Wildman–Crippen MR) is 64.6 cm³/mol. The molecule has 0 aromatic heterocycles. The van der Waals surface area contributed by atoms with Crippen molar-refractivity contribution in [1.29, 1.82) is 0 Å². The summed E-state index contributed by atoms with van der Waals surface area (Å²) in [7, 11) is 0. The van der Waals surface area contributed by atoms with Crippen molar-refractivity contribution in [1.82, 2.24) is 0 Å². The molecular weight excluding hydrogens is 307 g/mol. The third-order valence-corrected chi connectivity index (χ3v) is 3.63. The van der Waals surface area contributed by atoms with Crippen molar-refractivity contribution in [3.05, 3.63) is 23.8 Å². The van der Waals surface area contributed by atoms with Gasteiger partial charge in [-0.15, -0.1) is 0 Å². The average molecular weight is 318 g/mol.